The number of aliphatic hydroxyl groups is 1. The van der Waals surface area contributed by atoms with Crippen LogP contribution in [0.25, 0.3) is 21.7 Å². The van der Waals surface area contributed by atoms with E-state index in [-0.39, 0.29) is 17.9 Å². The number of nitrogens with zero attached hydrogens (tertiary/aromatic N) is 2. The molecule has 4 N–H and O–H groups in total. The Balaban J connectivity index is 1.36. The molecule has 0 radical (unpaired) electrons. The van der Waals surface area contributed by atoms with Gasteiger partial charge in [0.1, 0.15) is 0 Å². The number of rotatable bonds is 5. The predicted molar refractivity (Wildman–Crippen MR) is 151 cm³/mol. The van der Waals surface area contributed by atoms with Crippen molar-refractivity contribution in [3.63, 3.8) is 0 Å². The number of nitrogens with two attached hydrogens (primary N) is 1. The molecule has 1 saturated heterocycles. The second-order valence-electron chi connectivity index (χ2n) is 12.8. The van der Waals surface area contributed by atoms with E-state index < -0.39 is 11.0 Å². The lowest BCUT2D eigenvalue weighted by Gasteiger charge is -2.63. The van der Waals surface area contributed by atoms with Gasteiger partial charge in [0.2, 0.25) is 0 Å². The summed E-state index contributed by atoms with van der Waals surface area (Å²) in [7, 11) is 0. The molecule has 4 atom stereocenters. The molecule has 1 saturated carbocycles. The van der Waals surface area contributed by atoms with Gasteiger partial charge < -0.3 is 25.3 Å². The molecule has 2 bridgehead atoms. The number of fused-ring (bicyclic) bond motifs is 6. The van der Waals surface area contributed by atoms with Gasteiger partial charge in [0.25, 0.3) is 0 Å². The van der Waals surface area contributed by atoms with Gasteiger partial charge in [0, 0.05) is 41.9 Å². The van der Waals surface area contributed by atoms with Crippen LogP contribution >= 0.6 is 0 Å². The standard InChI is InChI=1S/C33H35N3O3/c34-13-3-14-36-28-22-5-2-1-4-20(22)8-10-23(28)24-17-33(38)26-16-21-9-11-25(37)30-27(21)32(33,31(39-30)29(24)36)12-15-35(26)18-19-6-7-19/h1-2,4-5,8-11,19,26,31,37-38H,3,6-7,12-18,34H2/t26-,31+,32+,33-/m1/s1. The highest BCUT2D eigenvalue weighted by Crippen LogP contribution is 2.69. The zero-order chi connectivity index (χ0) is 26.1. The maximum atomic E-state index is 13.2. The summed E-state index contributed by atoms with van der Waals surface area (Å²) in [5.74, 6) is 1.55. The molecule has 3 aliphatic carbocycles. The molecule has 9 rings (SSSR count). The highest BCUT2D eigenvalue weighted by atomic mass is 16.5. The summed E-state index contributed by atoms with van der Waals surface area (Å²) in [6.45, 7) is 3.45. The van der Waals surface area contributed by atoms with Crippen LogP contribution in [0.15, 0.2) is 48.5 Å². The number of ether oxygens (including phenoxy) is 1. The lowest BCUT2D eigenvalue weighted by Crippen LogP contribution is -2.74. The van der Waals surface area contributed by atoms with E-state index in [9.17, 15) is 10.2 Å². The molecule has 0 amide bonds. The number of aromatic hydroxyl groups is 1. The van der Waals surface area contributed by atoms with E-state index in [0.29, 0.717) is 18.7 Å². The van der Waals surface area contributed by atoms with Crippen LogP contribution in [-0.4, -0.2) is 51.0 Å². The summed E-state index contributed by atoms with van der Waals surface area (Å²) in [5, 5.41) is 27.9. The van der Waals surface area contributed by atoms with Crippen molar-refractivity contribution in [2.75, 3.05) is 19.6 Å². The quantitative estimate of drug-likeness (QED) is 0.359. The highest BCUT2D eigenvalue weighted by molar-refractivity contribution is 6.08. The third kappa shape index (κ3) is 2.68. The Morgan fingerprint density at radius 2 is 1.92 bits per heavy atom. The number of aryl methyl sites for hydroxylation is 1. The Hall–Kier alpha value is -3.06. The SMILES string of the molecule is NCCCn1c2c(c3ccc4ccccc4c31)C[C@@]1(O)[C@H]3Cc4ccc(O)c5c4[C@@]1(CCN3CC1CC1)[C@H]2O5. The van der Waals surface area contributed by atoms with Crippen molar-refractivity contribution in [2.45, 2.75) is 68.2 Å². The van der Waals surface area contributed by atoms with Gasteiger partial charge in [0.05, 0.1) is 22.2 Å². The second kappa shape index (κ2) is 7.57. The summed E-state index contributed by atoms with van der Waals surface area (Å²) >= 11 is 0. The topological polar surface area (TPSA) is 83.9 Å². The first-order valence-corrected chi connectivity index (χ1v) is 14.8. The van der Waals surface area contributed by atoms with Crippen LogP contribution < -0.4 is 10.5 Å². The Morgan fingerprint density at radius 1 is 1.05 bits per heavy atom. The summed E-state index contributed by atoms with van der Waals surface area (Å²) in [4.78, 5) is 2.60. The van der Waals surface area contributed by atoms with Crippen molar-refractivity contribution >= 4 is 21.7 Å². The second-order valence-corrected chi connectivity index (χ2v) is 12.8. The third-order valence-corrected chi connectivity index (χ3v) is 10.9. The average molecular weight is 522 g/mol. The van der Waals surface area contributed by atoms with E-state index in [1.807, 2.05) is 0 Å². The van der Waals surface area contributed by atoms with Gasteiger partial charge in [0.15, 0.2) is 17.6 Å². The Kier molecular flexibility index (Phi) is 4.41. The van der Waals surface area contributed by atoms with Crippen LogP contribution in [-0.2, 0) is 24.8 Å². The van der Waals surface area contributed by atoms with Gasteiger partial charge in [-0.3, -0.25) is 4.90 Å². The van der Waals surface area contributed by atoms with E-state index in [2.05, 4.69) is 51.9 Å². The molecule has 3 heterocycles. The van der Waals surface area contributed by atoms with Crippen molar-refractivity contribution in [3.05, 3.63) is 70.9 Å². The summed E-state index contributed by atoms with van der Waals surface area (Å²) < 4.78 is 9.37. The molecule has 5 aliphatic rings. The van der Waals surface area contributed by atoms with Crippen LogP contribution in [0.2, 0.25) is 0 Å². The average Bonchev–Trinajstić information content (AvgIpc) is 3.61. The van der Waals surface area contributed by atoms with Crippen molar-refractivity contribution < 1.29 is 14.9 Å². The van der Waals surface area contributed by atoms with E-state index >= 15 is 0 Å². The number of phenolic OH excluding ortho intramolecular Hbond substituents is 1. The summed E-state index contributed by atoms with van der Waals surface area (Å²) in [5.41, 5.74) is 10.4. The van der Waals surface area contributed by atoms with Crippen LogP contribution in [0.3, 0.4) is 0 Å². The van der Waals surface area contributed by atoms with Crippen molar-refractivity contribution in [1.82, 2.24) is 9.47 Å². The lowest BCUT2D eigenvalue weighted by molar-refractivity contribution is -0.173. The molecule has 1 spiro atoms. The maximum absolute atomic E-state index is 13.2. The zero-order valence-electron chi connectivity index (χ0n) is 22.2. The molecular formula is C33H35N3O3. The van der Waals surface area contributed by atoms with E-state index in [4.69, 9.17) is 10.5 Å². The highest BCUT2D eigenvalue weighted by Gasteiger charge is 2.73. The predicted octanol–water partition coefficient (Wildman–Crippen LogP) is 4.55. The Labute approximate surface area is 228 Å². The van der Waals surface area contributed by atoms with Crippen molar-refractivity contribution in [1.29, 1.82) is 0 Å². The number of piperidine rings is 1. The van der Waals surface area contributed by atoms with Gasteiger partial charge in [-0.05, 0) is 73.7 Å². The molecular weight excluding hydrogens is 486 g/mol. The number of likely N-dealkylation sites (tertiary alicyclic amines) is 1. The van der Waals surface area contributed by atoms with Gasteiger partial charge in [-0.1, -0.05) is 42.5 Å². The van der Waals surface area contributed by atoms with Crippen LogP contribution in [0.1, 0.15) is 54.2 Å². The first kappa shape index (κ1) is 22.7. The zero-order valence-corrected chi connectivity index (χ0v) is 22.2. The minimum absolute atomic E-state index is 0.0389. The number of benzene rings is 3. The van der Waals surface area contributed by atoms with Gasteiger partial charge in [-0.15, -0.1) is 0 Å². The fourth-order valence-corrected chi connectivity index (χ4v) is 9.10. The number of phenols is 1. The molecule has 200 valence electrons. The number of aromatic nitrogens is 1. The maximum Gasteiger partial charge on any atom is 0.166 e. The van der Waals surface area contributed by atoms with Crippen LogP contribution in [0, 0.1) is 5.92 Å². The van der Waals surface area contributed by atoms with Gasteiger partial charge in [-0.25, -0.2) is 0 Å². The fraction of sp³-hybridized carbons (Fsp3) is 0.455. The largest absolute Gasteiger partial charge is 0.504 e. The Morgan fingerprint density at radius 3 is 2.77 bits per heavy atom. The first-order valence-electron chi connectivity index (χ1n) is 14.8. The number of hydrogen-bond donors (Lipinski definition) is 3. The van der Waals surface area contributed by atoms with Crippen LogP contribution in [0.4, 0.5) is 0 Å². The molecule has 6 heteroatoms. The van der Waals surface area contributed by atoms with Gasteiger partial charge in [-0.2, -0.15) is 0 Å². The molecule has 39 heavy (non-hydrogen) atoms. The molecule has 2 fully saturated rings. The summed E-state index contributed by atoms with van der Waals surface area (Å²) in [6.07, 6.45) is 5.37. The molecule has 1 aromatic heterocycles. The molecule has 0 unspecified atom stereocenters. The molecule has 2 aliphatic heterocycles. The van der Waals surface area contributed by atoms with Crippen LogP contribution in [0.5, 0.6) is 11.5 Å². The Bertz CT molecular complexity index is 1690. The monoisotopic (exact) mass is 521 g/mol. The van der Waals surface area contributed by atoms with E-state index in [1.165, 1.54) is 51.3 Å². The first-order chi connectivity index (χ1) is 19.0. The molecule has 3 aromatic carbocycles. The fourth-order valence-electron chi connectivity index (χ4n) is 9.10. The van der Waals surface area contributed by atoms with E-state index in [0.717, 1.165) is 50.4 Å². The minimum atomic E-state index is -0.970. The third-order valence-electron chi connectivity index (χ3n) is 10.9. The number of hydrogen-bond acceptors (Lipinski definition) is 5. The molecule has 6 nitrogen and oxygen atoms in total. The van der Waals surface area contributed by atoms with Crippen molar-refractivity contribution in [2.24, 2.45) is 11.7 Å². The van der Waals surface area contributed by atoms with E-state index in [1.54, 1.807) is 6.07 Å². The summed E-state index contributed by atoms with van der Waals surface area (Å²) in [6, 6.07) is 17.0. The smallest absolute Gasteiger partial charge is 0.166 e. The lowest BCUT2D eigenvalue weighted by atomic mass is 9.49. The normalized spacial score (nSPS) is 30.4. The molecule has 4 aromatic rings. The minimum Gasteiger partial charge on any atom is -0.504 e. The van der Waals surface area contributed by atoms with Crippen molar-refractivity contribution in [3.8, 4) is 11.5 Å². The van der Waals surface area contributed by atoms with Gasteiger partial charge >= 0.3 is 0 Å².